The molecular formula is C14H14BrN3O2. The van der Waals surface area contributed by atoms with Gasteiger partial charge in [0.05, 0.1) is 5.69 Å². The average Bonchev–Trinajstić information content (AvgIpc) is 2.77. The summed E-state index contributed by atoms with van der Waals surface area (Å²) in [5.41, 5.74) is 2.72. The van der Waals surface area contributed by atoms with E-state index < -0.39 is 0 Å². The largest absolute Gasteiger partial charge is 0.444 e. The van der Waals surface area contributed by atoms with E-state index in [-0.39, 0.29) is 5.91 Å². The highest BCUT2D eigenvalue weighted by molar-refractivity contribution is 9.10. The maximum atomic E-state index is 12.6. The number of hydrogen-bond donors (Lipinski definition) is 1. The van der Waals surface area contributed by atoms with Crippen molar-refractivity contribution in [3.63, 3.8) is 0 Å². The van der Waals surface area contributed by atoms with Crippen LogP contribution in [0.4, 0.5) is 11.5 Å². The van der Waals surface area contributed by atoms with Gasteiger partial charge in [-0.1, -0.05) is 0 Å². The fraction of sp³-hybridized carbons (Fsp3) is 0.286. The highest BCUT2D eigenvalue weighted by atomic mass is 79.9. The van der Waals surface area contributed by atoms with Gasteiger partial charge in [-0.3, -0.25) is 4.79 Å². The van der Waals surface area contributed by atoms with Crippen LogP contribution in [0.1, 0.15) is 21.7 Å². The zero-order valence-corrected chi connectivity index (χ0v) is 12.8. The molecule has 2 aromatic heterocycles. The average molecular weight is 336 g/mol. The SMILES string of the molecule is Cc1cnc2c(c1)N(C(=O)c1cc(C)c(Br)o1)CCN2. The van der Waals surface area contributed by atoms with Crippen LogP contribution in [0.3, 0.4) is 0 Å². The molecule has 5 nitrogen and oxygen atoms in total. The maximum Gasteiger partial charge on any atom is 0.294 e. The molecule has 1 amide bonds. The Hall–Kier alpha value is -1.82. The summed E-state index contributed by atoms with van der Waals surface area (Å²) in [6.45, 7) is 5.12. The van der Waals surface area contributed by atoms with Gasteiger partial charge in [-0.25, -0.2) is 4.98 Å². The molecule has 0 bridgehead atoms. The monoisotopic (exact) mass is 335 g/mol. The van der Waals surface area contributed by atoms with Gasteiger partial charge in [0.2, 0.25) is 0 Å². The first-order valence-corrected chi connectivity index (χ1v) is 7.14. The molecule has 104 valence electrons. The lowest BCUT2D eigenvalue weighted by molar-refractivity contribution is 0.0959. The molecule has 6 heteroatoms. The minimum Gasteiger partial charge on any atom is -0.444 e. The molecule has 1 aliphatic heterocycles. The third kappa shape index (κ3) is 2.20. The van der Waals surface area contributed by atoms with Crippen LogP contribution in [0.25, 0.3) is 0 Å². The number of halogens is 1. The second-order valence-corrected chi connectivity index (χ2v) is 5.55. The number of pyridine rings is 1. The first kappa shape index (κ1) is 13.2. The van der Waals surface area contributed by atoms with E-state index in [0.29, 0.717) is 23.5 Å². The number of aryl methyl sites for hydroxylation is 2. The second kappa shape index (κ2) is 4.94. The molecular weight excluding hydrogens is 322 g/mol. The number of rotatable bonds is 1. The number of furan rings is 1. The Morgan fingerprint density at radius 1 is 1.45 bits per heavy atom. The van der Waals surface area contributed by atoms with Gasteiger partial charge in [0, 0.05) is 24.8 Å². The molecule has 0 saturated heterocycles. The highest BCUT2D eigenvalue weighted by Gasteiger charge is 2.27. The van der Waals surface area contributed by atoms with Gasteiger partial charge < -0.3 is 14.6 Å². The normalized spacial score (nSPS) is 13.8. The number of aromatic nitrogens is 1. The van der Waals surface area contributed by atoms with Crippen molar-refractivity contribution in [2.24, 2.45) is 0 Å². The minimum atomic E-state index is -0.144. The van der Waals surface area contributed by atoms with Crippen LogP contribution < -0.4 is 10.2 Å². The lowest BCUT2D eigenvalue weighted by atomic mass is 10.2. The third-order valence-electron chi connectivity index (χ3n) is 3.24. The van der Waals surface area contributed by atoms with E-state index in [4.69, 9.17) is 4.42 Å². The molecule has 20 heavy (non-hydrogen) atoms. The first-order chi connectivity index (χ1) is 9.56. The number of amides is 1. The summed E-state index contributed by atoms with van der Waals surface area (Å²) in [6, 6.07) is 3.70. The molecule has 1 N–H and O–H groups in total. The number of carbonyl (C=O) groups excluding carboxylic acids is 1. The zero-order valence-electron chi connectivity index (χ0n) is 11.2. The molecule has 0 atom stereocenters. The molecule has 3 rings (SSSR count). The van der Waals surface area contributed by atoms with Crippen molar-refractivity contribution in [2.45, 2.75) is 13.8 Å². The van der Waals surface area contributed by atoms with Crippen LogP contribution in [-0.4, -0.2) is 24.0 Å². The Kier molecular flexibility index (Phi) is 3.25. The lowest BCUT2D eigenvalue weighted by Gasteiger charge is -2.29. The Labute approximate surface area is 125 Å². The predicted octanol–water partition coefficient (Wildman–Crippen LogP) is 3.13. The number of fused-ring (bicyclic) bond motifs is 1. The van der Waals surface area contributed by atoms with Gasteiger partial charge in [-0.15, -0.1) is 0 Å². The van der Waals surface area contributed by atoms with Crippen molar-refractivity contribution in [3.8, 4) is 0 Å². The molecule has 0 aliphatic carbocycles. The van der Waals surface area contributed by atoms with E-state index in [1.165, 1.54) is 0 Å². The van der Waals surface area contributed by atoms with E-state index in [1.54, 1.807) is 17.2 Å². The van der Waals surface area contributed by atoms with Crippen molar-refractivity contribution in [1.29, 1.82) is 0 Å². The molecule has 0 unspecified atom stereocenters. The predicted molar refractivity (Wildman–Crippen MR) is 80.3 cm³/mol. The van der Waals surface area contributed by atoms with Gasteiger partial charge in [-0.05, 0) is 47.5 Å². The first-order valence-electron chi connectivity index (χ1n) is 6.34. The number of nitrogens with one attached hydrogen (secondary N) is 1. The summed E-state index contributed by atoms with van der Waals surface area (Å²) in [4.78, 5) is 18.6. The Balaban J connectivity index is 1.99. The Morgan fingerprint density at radius 3 is 2.95 bits per heavy atom. The van der Waals surface area contributed by atoms with Gasteiger partial charge >= 0.3 is 0 Å². The molecule has 1 aliphatic rings. The highest BCUT2D eigenvalue weighted by Crippen LogP contribution is 2.30. The molecule has 0 fully saturated rings. The quantitative estimate of drug-likeness (QED) is 0.869. The molecule has 0 spiro atoms. The number of nitrogens with zero attached hydrogens (tertiary/aromatic N) is 2. The fourth-order valence-corrected chi connectivity index (χ4v) is 2.50. The van der Waals surface area contributed by atoms with Gasteiger partial charge in [-0.2, -0.15) is 0 Å². The summed E-state index contributed by atoms with van der Waals surface area (Å²) in [5, 5.41) is 3.20. The number of carbonyl (C=O) groups is 1. The fourth-order valence-electron chi connectivity index (χ4n) is 2.21. The van der Waals surface area contributed by atoms with Crippen molar-refractivity contribution < 1.29 is 9.21 Å². The van der Waals surface area contributed by atoms with E-state index in [9.17, 15) is 4.79 Å². The summed E-state index contributed by atoms with van der Waals surface area (Å²) in [7, 11) is 0. The van der Waals surface area contributed by atoms with Crippen molar-refractivity contribution in [1.82, 2.24) is 4.98 Å². The second-order valence-electron chi connectivity index (χ2n) is 4.83. The Bertz CT molecular complexity index is 662. The molecule has 0 aromatic carbocycles. The van der Waals surface area contributed by atoms with Crippen LogP contribution in [0.2, 0.25) is 0 Å². The lowest BCUT2D eigenvalue weighted by Crippen LogP contribution is -2.39. The van der Waals surface area contributed by atoms with Crippen LogP contribution in [-0.2, 0) is 0 Å². The maximum absolute atomic E-state index is 12.6. The van der Waals surface area contributed by atoms with Crippen LogP contribution in [0.5, 0.6) is 0 Å². The van der Waals surface area contributed by atoms with Crippen molar-refractivity contribution in [2.75, 3.05) is 23.3 Å². The molecule has 0 saturated carbocycles. The van der Waals surface area contributed by atoms with Gasteiger partial charge in [0.25, 0.3) is 5.91 Å². The topological polar surface area (TPSA) is 58.4 Å². The van der Waals surface area contributed by atoms with Crippen molar-refractivity contribution in [3.05, 3.63) is 39.9 Å². The van der Waals surface area contributed by atoms with Crippen LogP contribution in [0, 0.1) is 13.8 Å². The van der Waals surface area contributed by atoms with Crippen LogP contribution in [0.15, 0.2) is 27.4 Å². The minimum absolute atomic E-state index is 0.144. The van der Waals surface area contributed by atoms with Crippen LogP contribution >= 0.6 is 15.9 Å². The van der Waals surface area contributed by atoms with Crippen molar-refractivity contribution >= 4 is 33.3 Å². The molecule has 0 radical (unpaired) electrons. The summed E-state index contributed by atoms with van der Waals surface area (Å²) < 4.78 is 6.06. The molecule has 2 aromatic rings. The molecule has 3 heterocycles. The Morgan fingerprint density at radius 2 is 2.25 bits per heavy atom. The van der Waals surface area contributed by atoms with E-state index >= 15 is 0 Å². The summed E-state index contributed by atoms with van der Waals surface area (Å²) >= 11 is 3.29. The van der Waals surface area contributed by atoms with E-state index in [1.807, 2.05) is 19.9 Å². The standard InChI is InChI=1S/C14H14BrN3O2/c1-8-5-10-13(17-7-8)16-3-4-18(10)14(19)11-6-9(2)12(15)20-11/h5-7H,3-4H2,1-2H3,(H,16,17). The summed E-state index contributed by atoms with van der Waals surface area (Å²) in [5.74, 6) is 0.926. The smallest absolute Gasteiger partial charge is 0.294 e. The van der Waals surface area contributed by atoms with Gasteiger partial charge in [0.15, 0.2) is 10.4 Å². The van der Waals surface area contributed by atoms with E-state index in [0.717, 1.165) is 22.6 Å². The number of anilines is 2. The summed E-state index contributed by atoms with van der Waals surface area (Å²) in [6.07, 6.45) is 1.79. The third-order valence-corrected chi connectivity index (χ3v) is 4.02. The zero-order chi connectivity index (χ0) is 14.3. The number of hydrogen-bond acceptors (Lipinski definition) is 4. The van der Waals surface area contributed by atoms with Gasteiger partial charge in [0.1, 0.15) is 5.82 Å². The van der Waals surface area contributed by atoms with E-state index in [2.05, 4.69) is 26.2 Å².